The summed E-state index contributed by atoms with van der Waals surface area (Å²) in [7, 11) is 0. The standard InChI is InChI=1S/C5H4BrNO2S/c1-2-3(6)7-4(10-2)5(8)9/h1H3,(H,8,9). The Morgan fingerprint density at radius 3 is 2.60 bits per heavy atom. The maximum Gasteiger partial charge on any atom is 0.365 e. The Hall–Kier alpha value is -0.420. The second kappa shape index (κ2) is 2.67. The van der Waals surface area contributed by atoms with Gasteiger partial charge >= 0.3 is 5.97 Å². The van der Waals surface area contributed by atoms with E-state index >= 15 is 0 Å². The highest BCUT2D eigenvalue weighted by Gasteiger charge is 2.10. The molecule has 0 atom stereocenters. The lowest BCUT2D eigenvalue weighted by molar-refractivity contribution is 0.0696. The van der Waals surface area contributed by atoms with Crippen LogP contribution in [0.3, 0.4) is 0 Å². The molecule has 0 aliphatic rings. The Morgan fingerprint density at radius 1 is 1.80 bits per heavy atom. The first-order chi connectivity index (χ1) is 4.61. The number of aryl methyl sites for hydroxylation is 1. The van der Waals surface area contributed by atoms with Crippen molar-refractivity contribution < 1.29 is 9.90 Å². The van der Waals surface area contributed by atoms with Crippen LogP contribution in [0.2, 0.25) is 0 Å². The molecule has 0 aliphatic heterocycles. The van der Waals surface area contributed by atoms with Crippen LogP contribution in [0.5, 0.6) is 0 Å². The molecule has 1 aromatic heterocycles. The van der Waals surface area contributed by atoms with Crippen molar-refractivity contribution in [2.24, 2.45) is 0 Å². The van der Waals surface area contributed by atoms with Gasteiger partial charge < -0.3 is 5.11 Å². The quantitative estimate of drug-likeness (QED) is 0.789. The Morgan fingerprint density at radius 2 is 2.40 bits per heavy atom. The summed E-state index contributed by atoms with van der Waals surface area (Å²) in [5, 5.41) is 8.58. The van der Waals surface area contributed by atoms with Crippen LogP contribution in [0.4, 0.5) is 0 Å². The number of hydrogen-bond donors (Lipinski definition) is 1. The van der Waals surface area contributed by atoms with Crippen LogP contribution in [0.25, 0.3) is 0 Å². The van der Waals surface area contributed by atoms with Crippen molar-refractivity contribution in [1.29, 1.82) is 0 Å². The number of rotatable bonds is 1. The molecule has 0 radical (unpaired) electrons. The van der Waals surface area contributed by atoms with E-state index in [4.69, 9.17) is 5.11 Å². The molecule has 0 aliphatic carbocycles. The monoisotopic (exact) mass is 221 g/mol. The van der Waals surface area contributed by atoms with Crippen molar-refractivity contribution in [3.05, 3.63) is 14.5 Å². The fourth-order valence-electron chi connectivity index (χ4n) is 0.469. The number of aromatic carboxylic acids is 1. The highest BCUT2D eigenvalue weighted by Crippen LogP contribution is 2.21. The van der Waals surface area contributed by atoms with Gasteiger partial charge in [-0.15, -0.1) is 11.3 Å². The van der Waals surface area contributed by atoms with E-state index in [0.717, 1.165) is 16.2 Å². The smallest absolute Gasteiger partial charge is 0.365 e. The molecule has 1 rings (SSSR count). The third-order valence-corrected chi connectivity index (χ3v) is 2.92. The predicted molar refractivity (Wildman–Crippen MR) is 41.5 cm³/mol. The molecule has 0 saturated carbocycles. The van der Waals surface area contributed by atoms with Crippen LogP contribution in [-0.2, 0) is 0 Å². The van der Waals surface area contributed by atoms with E-state index in [1.54, 1.807) is 0 Å². The van der Waals surface area contributed by atoms with Crippen molar-refractivity contribution in [3.8, 4) is 0 Å². The van der Waals surface area contributed by atoms with Gasteiger partial charge in [0, 0.05) is 4.88 Å². The van der Waals surface area contributed by atoms with Crippen LogP contribution in [0.1, 0.15) is 14.7 Å². The van der Waals surface area contributed by atoms with Gasteiger partial charge in [-0.2, -0.15) is 0 Å². The highest BCUT2D eigenvalue weighted by atomic mass is 79.9. The molecule has 10 heavy (non-hydrogen) atoms. The number of carbonyl (C=O) groups is 1. The van der Waals surface area contributed by atoms with E-state index in [1.807, 2.05) is 6.92 Å². The number of nitrogens with zero attached hydrogens (tertiary/aromatic N) is 1. The van der Waals surface area contributed by atoms with Crippen molar-refractivity contribution in [2.75, 3.05) is 0 Å². The average Bonchev–Trinajstić information content (AvgIpc) is 2.13. The van der Waals surface area contributed by atoms with Crippen molar-refractivity contribution in [1.82, 2.24) is 4.98 Å². The van der Waals surface area contributed by atoms with Gasteiger partial charge in [-0.05, 0) is 22.9 Å². The normalized spacial score (nSPS) is 9.80. The topological polar surface area (TPSA) is 50.2 Å². The number of hydrogen-bond acceptors (Lipinski definition) is 3. The van der Waals surface area contributed by atoms with Crippen molar-refractivity contribution >= 4 is 33.2 Å². The first-order valence-electron chi connectivity index (χ1n) is 2.47. The zero-order valence-electron chi connectivity index (χ0n) is 5.09. The third kappa shape index (κ3) is 1.35. The number of carboxylic acids is 1. The van der Waals surface area contributed by atoms with Crippen LogP contribution >= 0.6 is 27.3 Å². The first-order valence-corrected chi connectivity index (χ1v) is 4.08. The minimum Gasteiger partial charge on any atom is -0.476 e. The van der Waals surface area contributed by atoms with Gasteiger partial charge in [0.25, 0.3) is 0 Å². The molecule has 54 valence electrons. The van der Waals surface area contributed by atoms with E-state index in [9.17, 15) is 4.79 Å². The zero-order chi connectivity index (χ0) is 7.72. The molecule has 1 N–H and O–H groups in total. The SMILES string of the molecule is Cc1sc(C(=O)O)nc1Br. The molecule has 1 heterocycles. The molecular formula is C5H4BrNO2S. The summed E-state index contributed by atoms with van der Waals surface area (Å²) in [5.41, 5.74) is 0. The minimum absolute atomic E-state index is 0.129. The summed E-state index contributed by atoms with van der Waals surface area (Å²) in [6, 6.07) is 0. The molecule has 0 fully saturated rings. The van der Waals surface area contributed by atoms with Gasteiger partial charge in [0.2, 0.25) is 5.01 Å². The van der Waals surface area contributed by atoms with Crippen molar-refractivity contribution in [3.63, 3.8) is 0 Å². The van der Waals surface area contributed by atoms with Gasteiger partial charge in [0.15, 0.2) is 0 Å². The summed E-state index contributed by atoms with van der Waals surface area (Å²) in [6.45, 7) is 1.81. The number of carboxylic acid groups (broad SMARTS) is 1. The van der Waals surface area contributed by atoms with Crippen LogP contribution in [0, 0.1) is 6.92 Å². The van der Waals surface area contributed by atoms with Crippen LogP contribution in [-0.4, -0.2) is 16.1 Å². The second-order valence-electron chi connectivity index (χ2n) is 1.67. The van der Waals surface area contributed by atoms with E-state index < -0.39 is 5.97 Å². The van der Waals surface area contributed by atoms with E-state index in [2.05, 4.69) is 20.9 Å². The maximum atomic E-state index is 10.3. The minimum atomic E-state index is -0.973. The Balaban J connectivity index is 3.10. The summed E-state index contributed by atoms with van der Waals surface area (Å²) in [5.74, 6) is -0.973. The lowest BCUT2D eigenvalue weighted by Crippen LogP contribution is -1.93. The van der Waals surface area contributed by atoms with Gasteiger partial charge in [-0.3, -0.25) is 0 Å². The fraction of sp³-hybridized carbons (Fsp3) is 0.200. The first kappa shape index (κ1) is 7.68. The molecule has 3 nitrogen and oxygen atoms in total. The second-order valence-corrected chi connectivity index (χ2v) is 3.63. The number of aromatic nitrogens is 1. The molecule has 5 heteroatoms. The van der Waals surface area contributed by atoms with Gasteiger partial charge in [-0.1, -0.05) is 0 Å². The van der Waals surface area contributed by atoms with Crippen LogP contribution in [0.15, 0.2) is 4.60 Å². The van der Waals surface area contributed by atoms with Gasteiger partial charge in [0.1, 0.15) is 4.60 Å². The zero-order valence-corrected chi connectivity index (χ0v) is 7.49. The highest BCUT2D eigenvalue weighted by molar-refractivity contribution is 9.10. The summed E-state index contributed by atoms with van der Waals surface area (Å²) < 4.78 is 0.620. The predicted octanol–water partition coefficient (Wildman–Crippen LogP) is 1.91. The molecule has 0 aromatic carbocycles. The van der Waals surface area contributed by atoms with Crippen LogP contribution < -0.4 is 0 Å². The van der Waals surface area contributed by atoms with E-state index in [1.165, 1.54) is 0 Å². The fourth-order valence-corrected chi connectivity index (χ4v) is 1.65. The molecule has 1 aromatic rings. The molecule has 0 unspecified atom stereocenters. The molecule has 0 bridgehead atoms. The molecule has 0 saturated heterocycles. The lowest BCUT2D eigenvalue weighted by atomic mass is 10.6. The van der Waals surface area contributed by atoms with Crippen molar-refractivity contribution in [2.45, 2.75) is 6.92 Å². The number of thiazole rings is 1. The molecule has 0 spiro atoms. The number of halogens is 1. The van der Waals surface area contributed by atoms with Gasteiger partial charge in [-0.25, -0.2) is 9.78 Å². The van der Waals surface area contributed by atoms with Gasteiger partial charge in [0.05, 0.1) is 0 Å². The summed E-state index contributed by atoms with van der Waals surface area (Å²) in [6.07, 6.45) is 0. The molecule has 0 amide bonds. The summed E-state index contributed by atoms with van der Waals surface area (Å²) in [4.78, 5) is 14.9. The third-order valence-electron chi connectivity index (χ3n) is 0.923. The lowest BCUT2D eigenvalue weighted by Gasteiger charge is -1.78. The molecular weight excluding hydrogens is 218 g/mol. The largest absolute Gasteiger partial charge is 0.476 e. The van der Waals surface area contributed by atoms with E-state index in [-0.39, 0.29) is 5.01 Å². The summed E-state index contributed by atoms with van der Waals surface area (Å²) >= 11 is 4.29. The average molecular weight is 222 g/mol. The Kier molecular flexibility index (Phi) is 2.05. The Labute approximate surface area is 69.8 Å². The Bertz CT molecular complexity index is 251. The maximum absolute atomic E-state index is 10.3. The van der Waals surface area contributed by atoms with E-state index in [0.29, 0.717) is 4.60 Å².